The number of anilines is 1. The molecular weight excluding hydrogens is 404 g/mol. The summed E-state index contributed by atoms with van der Waals surface area (Å²) in [6.45, 7) is 8.86. The maximum atomic E-state index is 13.1. The molecule has 1 atom stereocenters. The first kappa shape index (κ1) is 21.1. The summed E-state index contributed by atoms with van der Waals surface area (Å²) in [6, 6.07) is 17.1. The average molecular weight is 427 g/mol. The predicted molar refractivity (Wildman–Crippen MR) is 120 cm³/mol. The van der Waals surface area contributed by atoms with Crippen molar-refractivity contribution < 1.29 is 4.79 Å². The molecule has 1 unspecified atom stereocenters. The maximum absolute atomic E-state index is 13.1. The van der Waals surface area contributed by atoms with Crippen molar-refractivity contribution in [2.75, 3.05) is 11.4 Å². The van der Waals surface area contributed by atoms with Crippen LogP contribution in [0.25, 0.3) is 11.4 Å². The number of halogens is 1. The van der Waals surface area contributed by atoms with Crippen LogP contribution in [0.5, 0.6) is 0 Å². The van der Waals surface area contributed by atoms with E-state index in [4.69, 9.17) is 11.6 Å². The van der Waals surface area contributed by atoms with Crippen LogP contribution < -0.4 is 4.90 Å². The topological polar surface area (TPSA) is 51.0 Å². The van der Waals surface area contributed by atoms with Crippen LogP contribution >= 0.6 is 23.4 Å². The Morgan fingerprint density at radius 3 is 2.52 bits per heavy atom. The number of aromatic nitrogens is 3. The number of hydrogen-bond donors (Lipinski definition) is 0. The highest BCUT2D eigenvalue weighted by Gasteiger charge is 2.24. The minimum atomic E-state index is -0.319. The van der Waals surface area contributed by atoms with Gasteiger partial charge in [0, 0.05) is 29.4 Å². The van der Waals surface area contributed by atoms with E-state index in [0.29, 0.717) is 23.3 Å². The second-order valence-electron chi connectivity index (χ2n) is 6.39. The van der Waals surface area contributed by atoms with Crippen LogP contribution in [0.15, 0.2) is 72.4 Å². The molecule has 5 nitrogen and oxygen atoms in total. The second-order valence-corrected chi connectivity index (χ2v) is 8.13. The van der Waals surface area contributed by atoms with Crippen LogP contribution in [0.1, 0.15) is 13.8 Å². The molecule has 0 fully saturated rings. The monoisotopic (exact) mass is 426 g/mol. The summed E-state index contributed by atoms with van der Waals surface area (Å²) < 4.78 is 1.96. The van der Waals surface area contributed by atoms with Gasteiger partial charge in [-0.15, -0.1) is 16.8 Å². The SMILES string of the molecule is C=CCn1c(SC(C)C(=O)N(CC)c2ccccc2)nnc1-c1ccc(Cl)cc1. The Balaban J connectivity index is 1.84. The summed E-state index contributed by atoms with van der Waals surface area (Å²) in [4.78, 5) is 14.9. The summed E-state index contributed by atoms with van der Waals surface area (Å²) in [5.41, 5.74) is 1.80. The molecule has 0 spiro atoms. The van der Waals surface area contributed by atoms with Gasteiger partial charge in [0.1, 0.15) is 0 Å². The highest BCUT2D eigenvalue weighted by Crippen LogP contribution is 2.29. The summed E-state index contributed by atoms with van der Waals surface area (Å²) in [5, 5.41) is 9.71. The first-order chi connectivity index (χ1) is 14.0. The van der Waals surface area contributed by atoms with E-state index in [9.17, 15) is 4.79 Å². The van der Waals surface area contributed by atoms with Gasteiger partial charge in [0.05, 0.1) is 5.25 Å². The van der Waals surface area contributed by atoms with E-state index in [2.05, 4.69) is 16.8 Å². The van der Waals surface area contributed by atoms with E-state index in [1.54, 1.807) is 11.0 Å². The van der Waals surface area contributed by atoms with Crippen molar-refractivity contribution >= 4 is 35.0 Å². The molecule has 3 aromatic rings. The molecule has 29 heavy (non-hydrogen) atoms. The van der Waals surface area contributed by atoms with Crippen molar-refractivity contribution in [3.05, 3.63) is 72.3 Å². The summed E-state index contributed by atoms with van der Waals surface area (Å²) in [6.07, 6.45) is 1.79. The third kappa shape index (κ3) is 4.89. The minimum Gasteiger partial charge on any atom is -0.312 e. The number of allylic oxidation sites excluding steroid dienone is 1. The van der Waals surface area contributed by atoms with E-state index in [0.717, 1.165) is 17.1 Å². The largest absolute Gasteiger partial charge is 0.312 e. The fourth-order valence-corrected chi connectivity index (χ4v) is 4.03. The number of nitrogens with zero attached hydrogens (tertiary/aromatic N) is 4. The molecule has 0 saturated heterocycles. The number of benzene rings is 2. The minimum absolute atomic E-state index is 0.0323. The Labute approximate surface area is 180 Å². The number of thioether (sulfide) groups is 1. The van der Waals surface area contributed by atoms with Gasteiger partial charge >= 0.3 is 0 Å². The van der Waals surface area contributed by atoms with Crippen LogP contribution in [0.3, 0.4) is 0 Å². The zero-order valence-corrected chi connectivity index (χ0v) is 18.0. The van der Waals surface area contributed by atoms with Gasteiger partial charge in [-0.1, -0.05) is 47.6 Å². The predicted octanol–water partition coefficient (Wildman–Crippen LogP) is 5.32. The van der Waals surface area contributed by atoms with Gasteiger partial charge in [-0.3, -0.25) is 9.36 Å². The molecule has 2 aromatic carbocycles. The third-order valence-corrected chi connectivity index (χ3v) is 5.73. The Bertz CT molecular complexity index is 972. The third-order valence-electron chi connectivity index (χ3n) is 4.41. The van der Waals surface area contributed by atoms with Crippen molar-refractivity contribution in [1.82, 2.24) is 14.8 Å². The Morgan fingerprint density at radius 2 is 1.90 bits per heavy atom. The molecule has 0 aliphatic heterocycles. The van der Waals surface area contributed by atoms with Crippen molar-refractivity contribution in [3.8, 4) is 11.4 Å². The zero-order valence-electron chi connectivity index (χ0n) is 16.5. The Kier molecular flexibility index (Phi) is 7.12. The highest BCUT2D eigenvalue weighted by molar-refractivity contribution is 8.00. The fraction of sp³-hybridized carbons (Fsp3) is 0.227. The van der Waals surface area contributed by atoms with Gasteiger partial charge in [0.15, 0.2) is 11.0 Å². The number of carbonyl (C=O) groups is 1. The number of hydrogen-bond acceptors (Lipinski definition) is 4. The van der Waals surface area contributed by atoms with Crippen LogP contribution in [0.4, 0.5) is 5.69 Å². The normalized spacial score (nSPS) is 11.8. The molecule has 0 saturated carbocycles. The zero-order chi connectivity index (χ0) is 20.8. The van der Waals surface area contributed by atoms with Gasteiger partial charge in [-0.25, -0.2) is 0 Å². The van der Waals surface area contributed by atoms with Gasteiger partial charge < -0.3 is 4.90 Å². The summed E-state index contributed by atoms with van der Waals surface area (Å²) >= 11 is 7.40. The molecule has 1 aromatic heterocycles. The highest BCUT2D eigenvalue weighted by atomic mass is 35.5. The maximum Gasteiger partial charge on any atom is 0.240 e. The second kappa shape index (κ2) is 9.76. The van der Waals surface area contributed by atoms with Gasteiger partial charge in [0.25, 0.3) is 0 Å². The van der Waals surface area contributed by atoms with Crippen molar-refractivity contribution in [2.45, 2.75) is 30.8 Å². The smallest absolute Gasteiger partial charge is 0.240 e. The number of carbonyl (C=O) groups excluding carboxylic acids is 1. The van der Waals surface area contributed by atoms with Gasteiger partial charge in [-0.05, 0) is 50.2 Å². The van der Waals surface area contributed by atoms with Gasteiger partial charge in [0.2, 0.25) is 5.91 Å². The fourth-order valence-electron chi connectivity index (χ4n) is 2.98. The van der Waals surface area contributed by atoms with Crippen LogP contribution in [-0.4, -0.2) is 32.5 Å². The molecule has 3 rings (SSSR count). The lowest BCUT2D eigenvalue weighted by Gasteiger charge is -2.24. The van der Waals surface area contributed by atoms with Crippen LogP contribution in [-0.2, 0) is 11.3 Å². The van der Waals surface area contributed by atoms with E-state index in [1.165, 1.54) is 11.8 Å². The molecule has 0 aliphatic rings. The molecule has 0 radical (unpaired) electrons. The van der Waals surface area contributed by atoms with Gasteiger partial charge in [-0.2, -0.15) is 0 Å². The molecular formula is C22H23ClN4OS. The van der Waals surface area contributed by atoms with E-state index >= 15 is 0 Å². The molecule has 1 heterocycles. The number of para-hydroxylation sites is 1. The van der Waals surface area contributed by atoms with E-state index < -0.39 is 0 Å². The van der Waals surface area contributed by atoms with E-state index in [1.807, 2.05) is 73.0 Å². The molecule has 150 valence electrons. The summed E-state index contributed by atoms with van der Waals surface area (Å²) in [7, 11) is 0. The average Bonchev–Trinajstić information content (AvgIpc) is 3.12. The lowest BCUT2D eigenvalue weighted by Crippen LogP contribution is -2.36. The van der Waals surface area contributed by atoms with Crippen molar-refractivity contribution in [1.29, 1.82) is 0 Å². The molecule has 0 aliphatic carbocycles. The number of rotatable bonds is 8. The molecule has 7 heteroatoms. The Hall–Kier alpha value is -2.57. The van der Waals surface area contributed by atoms with Crippen molar-refractivity contribution in [3.63, 3.8) is 0 Å². The van der Waals surface area contributed by atoms with E-state index in [-0.39, 0.29) is 11.2 Å². The summed E-state index contributed by atoms with van der Waals surface area (Å²) in [5.74, 6) is 0.754. The van der Waals surface area contributed by atoms with Crippen molar-refractivity contribution in [2.24, 2.45) is 0 Å². The Morgan fingerprint density at radius 1 is 1.21 bits per heavy atom. The standard InChI is InChI=1S/C22H23ClN4OS/c1-4-15-27-20(17-11-13-18(23)14-12-17)24-25-22(27)29-16(3)21(28)26(5-2)19-9-7-6-8-10-19/h4,6-14,16H,1,5,15H2,2-3H3. The lowest BCUT2D eigenvalue weighted by molar-refractivity contribution is -0.117. The first-order valence-electron chi connectivity index (χ1n) is 9.38. The molecule has 0 N–H and O–H groups in total. The first-order valence-corrected chi connectivity index (χ1v) is 10.6. The lowest BCUT2D eigenvalue weighted by atomic mass is 10.2. The molecule has 1 amide bonds. The quantitative estimate of drug-likeness (QED) is 0.361. The van der Waals surface area contributed by atoms with Crippen LogP contribution in [0, 0.1) is 0 Å². The van der Waals surface area contributed by atoms with Crippen LogP contribution in [0.2, 0.25) is 5.02 Å². The number of amides is 1. The molecule has 0 bridgehead atoms.